The fraction of sp³-hybridized carbons (Fsp3) is 0.483. The molecule has 2 N–H and O–H groups in total. The summed E-state index contributed by atoms with van der Waals surface area (Å²) in [6, 6.07) is 13.5. The number of hydrogen-bond acceptors (Lipinski definition) is 8. The number of rotatable bonds is 8. The SMILES string of the molecule is Cc1c(N[C@@H](c2nnc(-c3ccc(N4CCNCC4)cc3)o2)[C@H](C)O[Si](C)(C)C(C)(C)C)ccc(C#N)c1Cl. The second-order valence-corrected chi connectivity index (χ2v) is 16.8. The molecule has 1 fully saturated rings. The number of piperazine rings is 1. The predicted molar refractivity (Wildman–Crippen MR) is 160 cm³/mol. The van der Waals surface area contributed by atoms with Gasteiger partial charge >= 0.3 is 0 Å². The zero-order chi connectivity index (χ0) is 28.4. The van der Waals surface area contributed by atoms with E-state index in [-0.39, 0.29) is 11.1 Å². The first-order chi connectivity index (χ1) is 18.4. The number of halogens is 1. The highest BCUT2D eigenvalue weighted by atomic mass is 35.5. The highest BCUT2D eigenvalue weighted by molar-refractivity contribution is 6.74. The Balaban J connectivity index is 1.64. The normalized spacial score (nSPS) is 16.0. The topological polar surface area (TPSA) is 99.2 Å². The Hall–Kier alpha value is -2.90. The molecule has 1 aromatic heterocycles. The molecule has 3 aromatic rings. The average Bonchev–Trinajstić information content (AvgIpc) is 3.39. The van der Waals surface area contributed by atoms with Crippen molar-refractivity contribution in [3.05, 3.63) is 58.4 Å². The maximum absolute atomic E-state index is 9.38. The van der Waals surface area contributed by atoms with E-state index in [1.54, 1.807) is 6.07 Å². The van der Waals surface area contributed by atoms with Crippen molar-refractivity contribution < 1.29 is 8.84 Å². The summed E-state index contributed by atoms with van der Waals surface area (Å²) in [5, 5.41) is 25.6. The molecule has 1 saturated heterocycles. The molecule has 0 spiro atoms. The zero-order valence-corrected chi connectivity index (χ0v) is 25.7. The molecule has 2 aromatic carbocycles. The molecule has 2 atom stereocenters. The average molecular weight is 567 g/mol. The Labute approximate surface area is 237 Å². The van der Waals surface area contributed by atoms with E-state index >= 15 is 0 Å². The van der Waals surface area contributed by atoms with Gasteiger partial charge in [0.25, 0.3) is 0 Å². The number of nitrogens with one attached hydrogen (secondary N) is 2. The second kappa shape index (κ2) is 11.7. The lowest BCUT2D eigenvalue weighted by molar-refractivity contribution is 0.166. The van der Waals surface area contributed by atoms with Crippen LogP contribution in [0.15, 0.2) is 40.8 Å². The summed E-state index contributed by atoms with van der Waals surface area (Å²) in [4.78, 5) is 2.37. The fourth-order valence-electron chi connectivity index (χ4n) is 4.40. The number of benzene rings is 2. The minimum absolute atomic E-state index is 0.0334. The van der Waals surface area contributed by atoms with Crippen molar-refractivity contribution in [1.82, 2.24) is 15.5 Å². The summed E-state index contributed by atoms with van der Waals surface area (Å²) in [5.74, 6) is 0.889. The lowest BCUT2D eigenvalue weighted by Crippen LogP contribution is -2.45. The highest BCUT2D eigenvalue weighted by Crippen LogP contribution is 2.40. The van der Waals surface area contributed by atoms with Crippen LogP contribution in [-0.4, -0.2) is 50.8 Å². The summed E-state index contributed by atoms with van der Waals surface area (Å²) >= 11 is 6.48. The molecule has 4 rings (SSSR count). The standard InChI is InChI=1S/C29H39ClN6O2Si/c1-19-24(13-10-22(18-31)25(19)30)33-26(20(2)38-39(6,7)29(3,4)5)28-35-34-27(37-28)21-8-11-23(12-9-21)36-16-14-32-15-17-36/h8-13,20,26,32-33H,14-17H2,1-7H3/t20-,26+/m0/s1. The van der Waals surface area contributed by atoms with Crippen LogP contribution in [0.25, 0.3) is 11.5 Å². The van der Waals surface area contributed by atoms with Crippen molar-refractivity contribution >= 4 is 31.3 Å². The van der Waals surface area contributed by atoms with Crippen LogP contribution >= 0.6 is 11.6 Å². The maximum Gasteiger partial charge on any atom is 0.247 e. The molecule has 1 aliphatic rings. The van der Waals surface area contributed by atoms with Gasteiger partial charge in [-0.1, -0.05) is 32.4 Å². The van der Waals surface area contributed by atoms with E-state index in [2.05, 4.69) is 77.8 Å². The minimum Gasteiger partial charge on any atom is -0.418 e. The Bertz CT molecular complexity index is 1320. The molecule has 0 radical (unpaired) electrons. The lowest BCUT2D eigenvalue weighted by atomic mass is 10.1. The van der Waals surface area contributed by atoms with Gasteiger partial charge in [-0.2, -0.15) is 5.26 Å². The molecule has 0 amide bonds. The largest absolute Gasteiger partial charge is 0.418 e. The van der Waals surface area contributed by atoms with Gasteiger partial charge in [-0.15, -0.1) is 10.2 Å². The summed E-state index contributed by atoms with van der Waals surface area (Å²) in [6.45, 7) is 19.0. The van der Waals surface area contributed by atoms with Gasteiger partial charge in [0.15, 0.2) is 8.32 Å². The van der Waals surface area contributed by atoms with E-state index in [1.165, 1.54) is 5.69 Å². The van der Waals surface area contributed by atoms with E-state index in [1.807, 2.05) is 32.0 Å². The third-order valence-corrected chi connectivity index (χ3v) is 12.9. The Morgan fingerprint density at radius 1 is 1.13 bits per heavy atom. The second-order valence-electron chi connectivity index (χ2n) is 11.6. The number of aromatic nitrogens is 2. The van der Waals surface area contributed by atoms with Crippen LogP contribution in [0.1, 0.15) is 50.8 Å². The van der Waals surface area contributed by atoms with Crippen LogP contribution < -0.4 is 15.5 Å². The number of nitrogens with zero attached hydrogens (tertiary/aromatic N) is 4. The fourth-order valence-corrected chi connectivity index (χ4v) is 6.03. The van der Waals surface area contributed by atoms with Crippen molar-refractivity contribution in [3.63, 3.8) is 0 Å². The molecule has 0 aliphatic carbocycles. The van der Waals surface area contributed by atoms with Crippen molar-refractivity contribution in [1.29, 1.82) is 5.26 Å². The number of anilines is 2. The third kappa shape index (κ3) is 6.47. The molecule has 8 nitrogen and oxygen atoms in total. The monoisotopic (exact) mass is 566 g/mol. The Kier molecular flexibility index (Phi) is 8.71. The van der Waals surface area contributed by atoms with Gasteiger partial charge in [-0.05, 0) is 73.9 Å². The van der Waals surface area contributed by atoms with E-state index in [4.69, 9.17) is 20.4 Å². The van der Waals surface area contributed by atoms with Gasteiger partial charge in [-0.3, -0.25) is 0 Å². The molecule has 208 valence electrons. The lowest BCUT2D eigenvalue weighted by Gasteiger charge is -2.40. The van der Waals surface area contributed by atoms with Crippen molar-refractivity contribution in [3.8, 4) is 17.5 Å². The van der Waals surface area contributed by atoms with Crippen molar-refractivity contribution in [2.45, 2.75) is 64.9 Å². The molecule has 39 heavy (non-hydrogen) atoms. The van der Waals surface area contributed by atoms with E-state index in [0.717, 1.165) is 43.0 Å². The zero-order valence-electron chi connectivity index (χ0n) is 23.9. The number of hydrogen-bond donors (Lipinski definition) is 2. The minimum atomic E-state index is -2.11. The van der Waals surface area contributed by atoms with Crippen LogP contribution in [0.4, 0.5) is 11.4 Å². The first-order valence-corrected chi connectivity index (χ1v) is 16.7. The van der Waals surface area contributed by atoms with Gasteiger partial charge in [0.2, 0.25) is 11.8 Å². The Morgan fingerprint density at radius 2 is 1.79 bits per heavy atom. The summed E-state index contributed by atoms with van der Waals surface area (Å²) in [7, 11) is -2.11. The first kappa shape index (κ1) is 29.1. The maximum atomic E-state index is 9.38. The van der Waals surface area contributed by atoms with Crippen LogP contribution in [0, 0.1) is 18.3 Å². The van der Waals surface area contributed by atoms with Crippen LogP contribution in [0.5, 0.6) is 0 Å². The van der Waals surface area contributed by atoms with Crippen molar-refractivity contribution in [2.24, 2.45) is 0 Å². The van der Waals surface area contributed by atoms with Gasteiger partial charge in [0.1, 0.15) is 12.1 Å². The van der Waals surface area contributed by atoms with E-state index < -0.39 is 14.4 Å². The molecule has 0 unspecified atom stereocenters. The van der Waals surface area contributed by atoms with Crippen LogP contribution in [0.2, 0.25) is 23.2 Å². The molecule has 10 heteroatoms. The van der Waals surface area contributed by atoms with Gasteiger partial charge in [0.05, 0.1) is 16.7 Å². The van der Waals surface area contributed by atoms with Gasteiger partial charge < -0.3 is 24.4 Å². The molecule has 1 aliphatic heterocycles. The summed E-state index contributed by atoms with van der Waals surface area (Å²) < 4.78 is 13.0. The molecule has 0 bridgehead atoms. The summed E-state index contributed by atoms with van der Waals surface area (Å²) in [6.07, 6.45) is -0.275. The summed E-state index contributed by atoms with van der Waals surface area (Å²) in [5.41, 5.74) is 4.05. The smallest absolute Gasteiger partial charge is 0.247 e. The molecule has 2 heterocycles. The van der Waals surface area contributed by atoms with Crippen LogP contribution in [0.3, 0.4) is 0 Å². The van der Waals surface area contributed by atoms with Crippen molar-refractivity contribution in [2.75, 3.05) is 36.4 Å². The predicted octanol–water partition coefficient (Wildman–Crippen LogP) is 6.54. The molecule has 0 saturated carbocycles. The van der Waals surface area contributed by atoms with E-state index in [9.17, 15) is 5.26 Å². The van der Waals surface area contributed by atoms with E-state index in [0.29, 0.717) is 22.4 Å². The molecular formula is C29H39ClN6O2Si. The quantitative estimate of drug-likeness (QED) is 0.296. The highest BCUT2D eigenvalue weighted by Gasteiger charge is 2.41. The molecular weight excluding hydrogens is 528 g/mol. The van der Waals surface area contributed by atoms with Gasteiger partial charge in [0, 0.05) is 43.1 Å². The number of nitriles is 1. The first-order valence-electron chi connectivity index (χ1n) is 13.4. The Morgan fingerprint density at radius 3 is 2.41 bits per heavy atom. The third-order valence-electron chi connectivity index (χ3n) is 7.88. The van der Waals surface area contributed by atoms with Gasteiger partial charge in [-0.25, -0.2) is 0 Å². The van der Waals surface area contributed by atoms with Crippen LogP contribution in [-0.2, 0) is 4.43 Å².